The van der Waals surface area contributed by atoms with Gasteiger partial charge >= 0.3 is 5.97 Å². The van der Waals surface area contributed by atoms with E-state index >= 15 is 0 Å². The first-order chi connectivity index (χ1) is 14.6. The van der Waals surface area contributed by atoms with Crippen LogP contribution in [0.4, 0.5) is 5.00 Å². The number of thiophene rings is 1. The number of carbonyl (C=O) groups is 2. The van der Waals surface area contributed by atoms with Gasteiger partial charge in [-0.05, 0) is 31.0 Å². The van der Waals surface area contributed by atoms with Crippen molar-refractivity contribution < 1.29 is 18.7 Å². The van der Waals surface area contributed by atoms with Crippen LogP contribution < -0.4 is 5.32 Å². The molecule has 5 nitrogen and oxygen atoms in total. The van der Waals surface area contributed by atoms with Crippen LogP contribution >= 0.6 is 11.3 Å². The summed E-state index contributed by atoms with van der Waals surface area (Å²) in [7, 11) is 0. The standard InChI is InChI=1S/C24H21NO4S/c1-3-28-24(27)22-19(16-7-5-4-6-8-16)14-30-23(22)25-21(26)12-17-13-29-20-11-15(2)9-10-18(17)20/h4-11,13-14H,3,12H2,1-2H3,(H,25,26). The Morgan fingerprint density at radius 1 is 1.13 bits per heavy atom. The molecule has 2 heterocycles. The Kier molecular flexibility index (Phi) is 5.68. The van der Waals surface area contributed by atoms with Crippen molar-refractivity contribution in [1.82, 2.24) is 0 Å². The average molecular weight is 420 g/mol. The summed E-state index contributed by atoms with van der Waals surface area (Å²) in [5.41, 5.74) is 4.69. The number of fused-ring (bicyclic) bond motifs is 1. The zero-order chi connectivity index (χ0) is 21.1. The Bertz CT molecular complexity index is 1210. The smallest absolute Gasteiger partial charge is 0.341 e. The van der Waals surface area contributed by atoms with Gasteiger partial charge < -0.3 is 14.5 Å². The number of benzene rings is 2. The third-order valence-corrected chi connectivity index (χ3v) is 5.67. The van der Waals surface area contributed by atoms with Gasteiger partial charge in [0, 0.05) is 21.9 Å². The maximum Gasteiger partial charge on any atom is 0.341 e. The Hall–Kier alpha value is -3.38. The van der Waals surface area contributed by atoms with E-state index in [0.29, 0.717) is 10.6 Å². The van der Waals surface area contributed by atoms with Gasteiger partial charge in [-0.15, -0.1) is 11.3 Å². The number of esters is 1. The fourth-order valence-electron chi connectivity index (χ4n) is 3.36. The Morgan fingerprint density at radius 3 is 2.70 bits per heavy atom. The van der Waals surface area contributed by atoms with E-state index in [4.69, 9.17) is 9.15 Å². The number of furan rings is 1. The molecule has 0 fully saturated rings. The number of aryl methyl sites for hydroxylation is 1. The molecule has 2 aromatic heterocycles. The Balaban J connectivity index is 1.61. The fraction of sp³-hybridized carbons (Fsp3) is 0.167. The van der Waals surface area contributed by atoms with Gasteiger partial charge in [0.25, 0.3) is 0 Å². The molecule has 4 aromatic rings. The third-order valence-electron chi connectivity index (χ3n) is 4.77. The minimum Gasteiger partial charge on any atom is -0.464 e. The molecule has 0 spiro atoms. The average Bonchev–Trinajstić information content (AvgIpc) is 3.33. The molecule has 1 N–H and O–H groups in total. The van der Waals surface area contributed by atoms with Crippen LogP contribution in [0.1, 0.15) is 28.4 Å². The lowest BCUT2D eigenvalue weighted by atomic mass is 10.0. The van der Waals surface area contributed by atoms with Crippen molar-refractivity contribution in [2.75, 3.05) is 11.9 Å². The summed E-state index contributed by atoms with van der Waals surface area (Å²) in [6, 6.07) is 15.5. The van der Waals surface area contributed by atoms with Crippen LogP contribution in [-0.2, 0) is 16.0 Å². The second-order valence-electron chi connectivity index (χ2n) is 6.93. The summed E-state index contributed by atoms with van der Waals surface area (Å²) in [5, 5.41) is 6.16. The molecule has 6 heteroatoms. The molecule has 1 amide bonds. The van der Waals surface area contributed by atoms with Crippen LogP contribution in [0.25, 0.3) is 22.1 Å². The van der Waals surface area contributed by atoms with Crippen LogP contribution in [0.3, 0.4) is 0 Å². The zero-order valence-corrected chi connectivity index (χ0v) is 17.5. The van der Waals surface area contributed by atoms with E-state index in [1.165, 1.54) is 11.3 Å². The molecule has 0 saturated heterocycles. The van der Waals surface area contributed by atoms with Crippen molar-refractivity contribution in [3.8, 4) is 11.1 Å². The molecular formula is C24H21NO4S. The zero-order valence-electron chi connectivity index (χ0n) is 16.7. The number of carbonyl (C=O) groups excluding carboxylic acids is 2. The van der Waals surface area contributed by atoms with Gasteiger partial charge in [0.1, 0.15) is 16.1 Å². The molecule has 2 aromatic carbocycles. The van der Waals surface area contributed by atoms with E-state index in [1.807, 2.05) is 60.8 Å². The van der Waals surface area contributed by atoms with Crippen molar-refractivity contribution in [2.24, 2.45) is 0 Å². The van der Waals surface area contributed by atoms with Crippen molar-refractivity contribution in [3.05, 3.63) is 76.9 Å². The number of nitrogens with one attached hydrogen (secondary N) is 1. The van der Waals surface area contributed by atoms with Gasteiger partial charge in [0.15, 0.2) is 0 Å². The summed E-state index contributed by atoms with van der Waals surface area (Å²) in [6.07, 6.45) is 1.76. The van der Waals surface area contributed by atoms with E-state index in [0.717, 1.165) is 33.2 Å². The SMILES string of the molecule is CCOC(=O)c1c(-c2ccccc2)csc1NC(=O)Cc1coc2cc(C)ccc12. The highest BCUT2D eigenvalue weighted by Crippen LogP contribution is 2.36. The molecule has 0 saturated carbocycles. The minimum absolute atomic E-state index is 0.150. The first kappa shape index (κ1) is 19.9. The maximum atomic E-state index is 12.8. The number of rotatable bonds is 6. The minimum atomic E-state index is -0.447. The van der Waals surface area contributed by atoms with E-state index < -0.39 is 5.97 Å². The molecular weight excluding hydrogens is 398 g/mol. The molecule has 0 atom stereocenters. The summed E-state index contributed by atoms with van der Waals surface area (Å²) < 4.78 is 10.8. The largest absolute Gasteiger partial charge is 0.464 e. The molecule has 0 unspecified atom stereocenters. The van der Waals surface area contributed by atoms with Crippen LogP contribution in [-0.4, -0.2) is 18.5 Å². The van der Waals surface area contributed by atoms with E-state index in [2.05, 4.69) is 5.32 Å². The molecule has 0 aliphatic heterocycles. The monoisotopic (exact) mass is 419 g/mol. The predicted molar refractivity (Wildman–Crippen MR) is 119 cm³/mol. The van der Waals surface area contributed by atoms with Gasteiger partial charge in [-0.2, -0.15) is 0 Å². The van der Waals surface area contributed by atoms with Crippen molar-refractivity contribution in [2.45, 2.75) is 20.3 Å². The van der Waals surface area contributed by atoms with Gasteiger partial charge in [-0.25, -0.2) is 4.79 Å². The van der Waals surface area contributed by atoms with Gasteiger partial charge in [0.05, 0.1) is 19.3 Å². The predicted octanol–water partition coefficient (Wildman–Crippen LogP) is 5.83. The summed E-state index contributed by atoms with van der Waals surface area (Å²) in [5.74, 6) is -0.664. The van der Waals surface area contributed by atoms with Crippen molar-refractivity contribution >= 4 is 39.2 Å². The topological polar surface area (TPSA) is 68.5 Å². The number of hydrogen-bond acceptors (Lipinski definition) is 5. The number of hydrogen-bond donors (Lipinski definition) is 1. The maximum absolute atomic E-state index is 12.8. The second kappa shape index (κ2) is 8.55. The van der Waals surface area contributed by atoms with Gasteiger partial charge in [0.2, 0.25) is 5.91 Å². The first-order valence-electron chi connectivity index (χ1n) is 9.67. The highest BCUT2D eigenvalue weighted by Gasteiger charge is 2.23. The Labute approximate surface area is 178 Å². The molecule has 0 bridgehead atoms. The lowest BCUT2D eigenvalue weighted by Crippen LogP contribution is -2.16. The fourth-order valence-corrected chi connectivity index (χ4v) is 4.33. The van der Waals surface area contributed by atoms with E-state index in [9.17, 15) is 9.59 Å². The molecule has 0 aliphatic rings. The summed E-state index contributed by atoms with van der Waals surface area (Å²) in [4.78, 5) is 25.4. The number of amides is 1. The second-order valence-corrected chi connectivity index (χ2v) is 7.81. The number of ether oxygens (including phenoxy) is 1. The highest BCUT2D eigenvalue weighted by molar-refractivity contribution is 7.15. The summed E-state index contributed by atoms with van der Waals surface area (Å²) in [6.45, 7) is 4.01. The highest BCUT2D eigenvalue weighted by atomic mass is 32.1. The Morgan fingerprint density at radius 2 is 1.93 bits per heavy atom. The van der Waals surface area contributed by atoms with Crippen molar-refractivity contribution in [3.63, 3.8) is 0 Å². The van der Waals surface area contributed by atoms with Gasteiger partial charge in [-0.3, -0.25) is 4.79 Å². The van der Waals surface area contributed by atoms with Crippen molar-refractivity contribution in [1.29, 1.82) is 0 Å². The molecule has 0 aliphatic carbocycles. The number of anilines is 1. The lowest BCUT2D eigenvalue weighted by Gasteiger charge is -2.08. The normalized spacial score (nSPS) is 10.9. The molecule has 30 heavy (non-hydrogen) atoms. The lowest BCUT2D eigenvalue weighted by molar-refractivity contribution is -0.115. The third kappa shape index (κ3) is 4.00. The van der Waals surface area contributed by atoms with Crippen LogP contribution in [0.2, 0.25) is 0 Å². The quantitative estimate of drug-likeness (QED) is 0.399. The van der Waals surface area contributed by atoms with Crippen LogP contribution in [0, 0.1) is 6.92 Å². The molecule has 152 valence electrons. The van der Waals surface area contributed by atoms with Crippen LogP contribution in [0.5, 0.6) is 0 Å². The van der Waals surface area contributed by atoms with Gasteiger partial charge in [-0.1, -0.05) is 42.5 Å². The van der Waals surface area contributed by atoms with Crippen LogP contribution in [0.15, 0.2) is 64.6 Å². The van der Waals surface area contributed by atoms with E-state index in [-0.39, 0.29) is 18.9 Å². The van der Waals surface area contributed by atoms with E-state index in [1.54, 1.807) is 13.2 Å². The molecule has 4 rings (SSSR count). The first-order valence-corrected chi connectivity index (χ1v) is 10.6. The molecule has 0 radical (unpaired) electrons. The summed E-state index contributed by atoms with van der Waals surface area (Å²) >= 11 is 1.32.